The summed E-state index contributed by atoms with van der Waals surface area (Å²) >= 11 is 8.53. The lowest BCUT2D eigenvalue weighted by Gasteiger charge is -2.08. The van der Waals surface area contributed by atoms with E-state index in [-0.39, 0.29) is 5.38 Å². The molecular formula is C17H19ClOS. The van der Waals surface area contributed by atoms with Gasteiger partial charge in [0.05, 0.1) is 12.5 Å². The minimum atomic E-state index is 0.0673. The minimum Gasteiger partial charge on any atom is -0.497 e. The zero-order valence-corrected chi connectivity index (χ0v) is 13.3. The van der Waals surface area contributed by atoms with Crippen molar-refractivity contribution in [1.82, 2.24) is 0 Å². The van der Waals surface area contributed by atoms with Gasteiger partial charge in [-0.15, -0.1) is 22.9 Å². The van der Waals surface area contributed by atoms with E-state index in [1.54, 1.807) is 12.0 Å². The largest absolute Gasteiger partial charge is 0.497 e. The molecule has 1 aromatic heterocycles. The number of halogens is 1. The third-order valence-corrected chi connectivity index (χ3v) is 5.74. The van der Waals surface area contributed by atoms with Gasteiger partial charge >= 0.3 is 0 Å². The zero-order valence-electron chi connectivity index (χ0n) is 11.7. The number of benzene rings is 1. The van der Waals surface area contributed by atoms with Gasteiger partial charge in [-0.1, -0.05) is 12.1 Å². The zero-order chi connectivity index (χ0) is 13.9. The van der Waals surface area contributed by atoms with Crippen molar-refractivity contribution >= 4 is 22.9 Å². The second-order valence-electron chi connectivity index (χ2n) is 5.33. The Morgan fingerprint density at radius 3 is 2.90 bits per heavy atom. The number of alkyl halides is 1. The lowest BCUT2D eigenvalue weighted by Crippen LogP contribution is -1.96. The average molecular weight is 307 g/mol. The molecule has 0 radical (unpaired) electrons. The molecule has 0 aliphatic heterocycles. The Morgan fingerprint density at radius 1 is 1.25 bits per heavy atom. The number of ether oxygens (including phenoxy) is 1. The molecule has 1 aliphatic carbocycles. The average Bonchev–Trinajstić information content (AvgIpc) is 2.91. The lowest BCUT2D eigenvalue weighted by molar-refractivity contribution is 0.414. The first-order valence-corrected chi connectivity index (χ1v) is 8.40. The van der Waals surface area contributed by atoms with Gasteiger partial charge in [-0.3, -0.25) is 0 Å². The molecule has 0 saturated heterocycles. The molecule has 1 aromatic carbocycles. The third-order valence-electron chi connectivity index (χ3n) is 3.87. The molecule has 1 atom stereocenters. The molecule has 1 aliphatic rings. The van der Waals surface area contributed by atoms with Crippen molar-refractivity contribution < 1.29 is 4.74 Å². The Bertz CT molecular complexity index is 567. The first-order chi connectivity index (χ1) is 9.76. The lowest BCUT2D eigenvalue weighted by atomic mass is 9.99. The van der Waals surface area contributed by atoms with E-state index in [9.17, 15) is 0 Å². The van der Waals surface area contributed by atoms with Crippen molar-refractivity contribution in [2.75, 3.05) is 7.11 Å². The molecule has 0 N–H and O–H groups in total. The first kappa shape index (κ1) is 14.0. The predicted molar refractivity (Wildman–Crippen MR) is 86.3 cm³/mol. The fourth-order valence-electron chi connectivity index (χ4n) is 2.77. The summed E-state index contributed by atoms with van der Waals surface area (Å²) in [5.74, 6) is 0.900. The van der Waals surface area contributed by atoms with Gasteiger partial charge in [-0.25, -0.2) is 0 Å². The summed E-state index contributed by atoms with van der Waals surface area (Å²) in [6, 6.07) is 10.5. The number of aryl methyl sites for hydroxylation is 2. The molecule has 106 valence electrons. The molecule has 1 nitrogen and oxygen atoms in total. The molecule has 20 heavy (non-hydrogen) atoms. The van der Waals surface area contributed by atoms with E-state index < -0.39 is 0 Å². The van der Waals surface area contributed by atoms with Gasteiger partial charge in [0, 0.05) is 9.75 Å². The monoisotopic (exact) mass is 306 g/mol. The summed E-state index contributed by atoms with van der Waals surface area (Å²) in [5.41, 5.74) is 2.77. The van der Waals surface area contributed by atoms with Crippen molar-refractivity contribution in [3.63, 3.8) is 0 Å². The van der Waals surface area contributed by atoms with Crippen LogP contribution in [0.5, 0.6) is 5.75 Å². The quantitative estimate of drug-likeness (QED) is 0.709. The standard InChI is InChI=1S/C17H19ClOS/c1-19-14-7-4-5-12(9-14)10-15(18)17-11-13-6-2-3-8-16(13)20-17/h4-5,7,9,11,15H,2-3,6,8,10H2,1H3. The number of fused-ring (bicyclic) bond motifs is 1. The summed E-state index contributed by atoms with van der Waals surface area (Å²) in [6.07, 6.45) is 5.98. The van der Waals surface area contributed by atoms with Crippen LogP contribution >= 0.6 is 22.9 Å². The molecular weight excluding hydrogens is 288 g/mol. The number of methoxy groups -OCH3 is 1. The summed E-state index contributed by atoms with van der Waals surface area (Å²) in [4.78, 5) is 2.88. The maximum Gasteiger partial charge on any atom is 0.119 e. The van der Waals surface area contributed by atoms with Gasteiger partial charge < -0.3 is 4.74 Å². The SMILES string of the molecule is COc1cccc(CC(Cl)c2cc3c(s2)CCCC3)c1. The Labute approximate surface area is 129 Å². The van der Waals surface area contributed by atoms with E-state index in [1.807, 2.05) is 23.5 Å². The van der Waals surface area contributed by atoms with Gasteiger partial charge in [0.15, 0.2) is 0 Å². The summed E-state index contributed by atoms with van der Waals surface area (Å²) in [7, 11) is 1.70. The van der Waals surface area contributed by atoms with Crippen LogP contribution in [0.25, 0.3) is 0 Å². The van der Waals surface area contributed by atoms with Gasteiger partial charge in [0.2, 0.25) is 0 Å². The van der Waals surface area contributed by atoms with Gasteiger partial charge in [0.25, 0.3) is 0 Å². The number of hydrogen-bond acceptors (Lipinski definition) is 2. The first-order valence-electron chi connectivity index (χ1n) is 7.15. The molecule has 1 unspecified atom stereocenters. The van der Waals surface area contributed by atoms with E-state index in [2.05, 4.69) is 18.2 Å². The second-order valence-corrected chi connectivity index (χ2v) is 7.02. The normalized spacial score (nSPS) is 15.7. The van der Waals surface area contributed by atoms with E-state index in [0.29, 0.717) is 0 Å². The van der Waals surface area contributed by atoms with Crippen LogP contribution in [0.15, 0.2) is 30.3 Å². The van der Waals surface area contributed by atoms with Crippen LogP contribution in [-0.4, -0.2) is 7.11 Å². The van der Waals surface area contributed by atoms with Crippen molar-refractivity contribution in [3.8, 4) is 5.75 Å². The summed E-state index contributed by atoms with van der Waals surface area (Å²) in [5, 5.41) is 0.0673. The highest BCUT2D eigenvalue weighted by Gasteiger charge is 2.18. The Hall–Kier alpha value is -0.990. The number of hydrogen-bond donors (Lipinski definition) is 0. The third kappa shape index (κ3) is 3.02. The number of rotatable bonds is 4. The Kier molecular flexibility index (Phi) is 4.32. The van der Waals surface area contributed by atoms with Crippen molar-refractivity contribution in [2.24, 2.45) is 0 Å². The summed E-state index contributed by atoms with van der Waals surface area (Å²) < 4.78 is 5.27. The van der Waals surface area contributed by atoms with Gasteiger partial charge in [-0.2, -0.15) is 0 Å². The molecule has 1 heterocycles. The van der Waals surface area contributed by atoms with Crippen LogP contribution in [0, 0.1) is 0 Å². The predicted octanol–water partition coefficient (Wildman–Crippen LogP) is 5.16. The van der Waals surface area contributed by atoms with Crippen LogP contribution in [0.4, 0.5) is 0 Å². The summed E-state index contributed by atoms with van der Waals surface area (Å²) in [6.45, 7) is 0. The highest BCUT2D eigenvalue weighted by atomic mass is 35.5. The van der Waals surface area contributed by atoms with Gasteiger partial charge in [-0.05, 0) is 61.4 Å². The molecule has 0 fully saturated rings. The Morgan fingerprint density at radius 2 is 2.10 bits per heavy atom. The highest BCUT2D eigenvalue weighted by molar-refractivity contribution is 7.12. The molecule has 0 saturated carbocycles. The molecule has 0 amide bonds. The fraction of sp³-hybridized carbons (Fsp3) is 0.412. The maximum atomic E-state index is 6.63. The van der Waals surface area contributed by atoms with Crippen LogP contribution in [0.2, 0.25) is 0 Å². The number of thiophene rings is 1. The van der Waals surface area contributed by atoms with Crippen LogP contribution in [0.1, 0.15) is 39.1 Å². The van der Waals surface area contributed by atoms with E-state index in [4.69, 9.17) is 16.3 Å². The van der Waals surface area contributed by atoms with Gasteiger partial charge in [0.1, 0.15) is 5.75 Å². The van der Waals surface area contributed by atoms with Crippen LogP contribution < -0.4 is 4.74 Å². The molecule has 2 aromatic rings. The molecule has 3 rings (SSSR count). The van der Waals surface area contributed by atoms with Crippen molar-refractivity contribution in [3.05, 3.63) is 51.2 Å². The Balaban J connectivity index is 1.75. The fourth-order valence-corrected chi connectivity index (χ4v) is 4.39. The van der Waals surface area contributed by atoms with Crippen LogP contribution in [-0.2, 0) is 19.3 Å². The minimum absolute atomic E-state index is 0.0673. The van der Waals surface area contributed by atoms with E-state index >= 15 is 0 Å². The molecule has 0 spiro atoms. The topological polar surface area (TPSA) is 9.23 Å². The second kappa shape index (κ2) is 6.19. The van der Waals surface area contributed by atoms with E-state index in [1.165, 1.54) is 41.7 Å². The molecule has 0 bridgehead atoms. The van der Waals surface area contributed by atoms with E-state index in [0.717, 1.165) is 12.2 Å². The maximum absolute atomic E-state index is 6.63. The van der Waals surface area contributed by atoms with Crippen LogP contribution in [0.3, 0.4) is 0 Å². The van der Waals surface area contributed by atoms with Crippen molar-refractivity contribution in [2.45, 2.75) is 37.5 Å². The van der Waals surface area contributed by atoms with Crippen molar-refractivity contribution in [1.29, 1.82) is 0 Å². The smallest absolute Gasteiger partial charge is 0.119 e. The highest BCUT2D eigenvalue weighted by Crippen LogP contribution is 2.37. The molecule has 3 heteroatoms.